The molecule has 1 saturated heterocycles. The van der Waals surface area contributed by atoms with Crippen LogP contribution in [0, 0.1) is 0 Å². The van der Waals surface area contributed by atoms with Crippen molar-refractivity contribution in [2.75, 3.05) is 19.8 Å². The van der Waals surface area contributed by atoms with E-state index in [2.05, 4.69) is 20.3 Å². The second-order valence-corrected chi connectivity index (χ2v) is 6.55. The molecule has 0 aromatic carbocycles. The van der Waals surface area contributed by atoms with Crippen LogP contribution in [0.1, 0.15) is 22.5 Å². The predicted molar refractivity (Wildman–Crippen MR) is 95.2 cm³/mol. The highest BCUT2D eigenvalue weighted by molar-refractivity contribution is 5.99. The minimum Gasteiger partial charge on any atom is -0.475 e. The van der Waals surface area contributed by atoms with Crippen LogP contribution in [-0.4, -0.2) is 46.7 Å². The first-order valence-corrected chi connectivity index (χ1v) is 8.78. The fourth-order valence-corrected chi connectivity index (χ4v) is 3.34. The smallest absolute Gasteiger partial charge is 0.253 e. The molecule has 132 valence electrons. The molecule has 5 rings (SSSR count). The van der Waals surface area contributed by atoms with E-state index in [0.29, 0.717) is 24.6 Å². The average molecular weight is 350 g/mol. The molecule has 1 amide bonds. The summed E-state index contributed by atoms with van der Waals surface area (Å²) in [4.78, 5) is 24.4. The number of carbonyl (C=O) groups excluding carboxylic acids is 1. The molecule has 0 spiro atoms. The van der Waals surface area contributed by atoms with Crippen molar-refractivity contribution in [3.8, 4) is 17.1 Å². The van der Waals surface area contributed by atoms with Gasteiger partial charge in [0.1, 0.15) is 12.1 Å². The quantitative estimate of drug-likeness (QED) is 0.752. The zero-order valence-corrected chi connectivity index (χ0v) is 14.1. The molecule has 3 aromatic rings. The van der Waals surface area contributed by atoms with Crippen molar-refractivity contribution in [1.29, 1.82) is 0 Å². The van der Waals surface area contributed by atoms with Gasteiger partial charge in [-0.25, -0.2) is 4.98 Å². The Labute approximate surface area is 149 Å². The maximum absolute atomic E-state index is 12.0. The van der Waals surface area contributed by atoms with E-state index in [0.717, 1.165) is 47.4 Å². The highest BCUT2D eigenvalue weighted by atomic mass is 16.5. The molecule has 0 saturated carbocycles. The van der Waals surface area contributed by atoms with Gasteiger partial charge in [0.2, 0.25) is 5.88 Å². The summed E-state index contributed by atoms with van der Waals surface area (Å²) in [6, 6.07) is 7.52. The van der Waals surface area contributed by atoms with E-state index < -0.39 is 0 Å². The first-order chi connectivity index (χ1) is 12.8. The number of H-pyrrole nitrogens is 1. The molecule has 5 heterocycles. The Morgan fingerprint density at radius 3 is 3.00 bits per heavy atom. The molecular weight excluding hydrogens is 332 g/mol. The largest absolute Gasteiger partial charge is 0.475 e. The van der Waals surface area contributed by atoms with E-state index in [1.165, 1.54) is 0 Å². The summed E-state index contributed by atoms with van der Waals surface area (Å²) in [6.07, 6.45) is 3.74. The van der Waals surface area contributed by atoms with E-state index >= 15 is 0 Å². The van der Waals surface area contributed by atoms with Crippen molar-refractivity contribution >= 4 is 16.9 Å². The first-order valence-electron chi connectivity index (χ1n) is 8.78. The highest BCUT2D eigenvalue weighted by Gasteiger charge is 2.22. The summed E-state index contributed by atoms with van der Waals surface area (Å²) in [7, 11) is 0. The van der Waals surface area contributed by atoms with Crippen molar-refractivity contribution in [3.05, 3.63) is 41.7 Å². The van der Waals surface area contributed by atoms with Crippen LogP contribution in [0.3, 0.4) is 0 Å². The van der Waals surface area contributed by atoms with Gasteiger partial charge in [0.25, 0.3) is 5.91 Å². The number of nitrogens with zero attached hydrogens (tertiary/aromatic N) is 2. The van der Waals surface area contributed by atoms with Crippen LogP contribution in [0.25, 0.3) is 22.3 Å². The van der Waals surface area contributed by atoms with Crippen LogP contribution in [0.15, 0.2) is 30.5 Å². The normalized spacial score (nSPS) is 18.9. The molecule has 0 unspecified atom stereocenters. The van der Waals surface area contributed by atoms with Gasteiger partial charge in [0, 0.05) is 55.2 Å². The lowest BCUT2D eigenvalue weighted by Crippen LogP contribution is -2.32. The van der Waals surface area contributed by atoms with Crippen molar-refractivity contribution in [1.82, 2.24) is 20.3 Å². The number of ether oxygens (including phenoxy) is 2. The van der Waals surface area contributed by atoms with Gasteiger partial charge in [-0.3, -0.25) is 9.78 Å². The van der Waals surface area contributed by atoms with Gasteiger partial charge in [-0.15, -0.1) is 0 Å². The first kappa shape index (κ1) is 15.3. The lowest BCUT2D eigenvalue weighted by molar-refractivity contribution is -0.0726. The summed E-state index contributed by atoms with van der Waals surface area (Å²) in [5.74, 6) is 0.515. The molecule has 7 nitrogen and oxygen atoms in total. The summed E-state index contributed by atoms with van der Waals surface area (Å²) in [6.45, 7) is 1.96. The monoisotopic (exact) mass is 350 g/mol. The van der Waals surface area contributed by atoms with E-state index in [1.807, 2.05) is 24.3 Å². The fraction of sp³-hybridized carbons (Fsp3) is 0.316. The lowest BCUT2D eigenvalue weighted by atomic mass is 10.1. The molecule has 3 aromatic heterocycles. The zero-order valence-electron chi connectivity index (χ0n) is 14.1. The number of hydrogen-bond donors (Lipinski definition) is 2. The molecular formula is C19H18N4O3. The van der Waals surface area contributed by atoms with Gasteiger partial charge in [0.05, 0.1) is 17.2 Å². The standard InChI is InChI=1S/C19H18N4O3/c24-19-13-9-16(22-14(13)4-7-21-19)12-3-6-20-15-1-2-17(23-18(12)15)26-10-11-5-8-25-11/h1-3,6,9,11,22H,4-5,7-8,10H2,(H,21,24)/t11-/m1/s1. The number of fused-ring (bicyclic) bond motifs is 2. The molecule has 2 N–H and O–H groups in total. The molecule has 0 aliphatic carbocycles. The second kappa shape index (κ2) is 6.10. The van der Waals surface area contributed by atoms with Crippen molar-refractivity contribution in [3.63, 3.8) is 0 Å². The zero-order chi connectivity index (χ0) is 17.5. The van der Waals surface area contributed by atoms with E-state index in [1.54, 1.807) is 6.20 Å². The van der Waals surface area contributed by atoms with E-state index in [4.69, 9.17) is 9.47 Å². The van der Waals surface area contributed by atoms with E-state index in [9.17, 15) is 4.79 Å². The van der Waals surface area contributed by atoms with Gasteiger partial charge in [-0.2, -0.15) is 0 Å². The molecule has 0 radical (unpaired) electrons. The number of aromatic amines is 1. The molecule has 1 fully saturated rings. The van der Waals surface area contributed by atoms with Crippen molar-refractivity contribution in [2.45, 2.75) is 18.9 Å². The average Bonchev–Trinajstić information content (AvgIpc) is 3.05. The fourth-order valence-electron chi connectivity index (χ4n) is 3.34. The Bertz CT molecular complexity index is 994. The summed E-state index contributed by atoms with van der Waals surface area (Å²) in [5.41, 5.74) is 4.97. The number of hydrogen-bond acceptors (Lipinski definition) is 5. The molecule has 2 aliphatic rings. The topological polar surface area (TPSA) is 89.1 Å². The van der Waals surface area contributed by atoms with E-state index in [-0.39, 0.29) is 12.0 Å². The molecule has 26 heavy (non-hydrogen) atoms. The van der Waals surface area contributed by atoms with Gasteiger partial charge in [0.15, 0.2) is 0 Å². The number of carbonyl (C=O) groups is 1. The maximum atomic E-state index is 12.0. The minimum absolute atomic E-state index is 0.0374. The third kappa shape index (κ3) is 2.61. The minimum atomic E-state index is -0.0374. The third-order valence-electron chi connectivity index (χ3n) is 4.86. The number of pyridine rings is 2. The molecule has 0 bridgehead atoms. The number of aromatic nitrogens is 3. The van der Waals surface area contributed by atoms with Crippen LogP contribution in [0.4, 0.5) is 0 Å². The predicted octanol–water partition coefficient (Wildman–Crippen LogP) is 2.08. The van der Waals surface area contributed by atoms with Crippen LogP contribution in [0.2, 0.25) is 0 Å². The Balaban J connectivity index is 1.53. The summed E-state index contributed by atoms with van der Waals surface area (Å²) >= 11 is 0. The summed E-state index contributed by atoms with van der Waals surface area (Å²) < 4.78 is 11.2. The highest BCUT2D eigenvalue weighted by Crippen LogP contribution is 2.29. The van der Waals surface area contributed by atoms with Gasteiger partial charge in [-0.1, -0.05) is 0 Å². The van der Waals surface area contributed by atoms with Gasteiger partial charge in [-0.05, 0) is 18.2 Å². The van der Waals surface area contributed by atoms with Crippen molar-refractivity contribution in [2.24, 2.45) is 0 Å². The van der Waals surface area contributed by atoms with Crippen LogP contribution in [0.5, 0.6) is 5.88 Å². The van der Waals surface area contributed by atoms with Crippen LogP contribution >= 0.6 is 0 Å². The third-order valence-corrected chi connectivity index (χ3v) is 4.86. The Morgan fingerprint density at radius 2 is 2.19 bits per heavy atom. The second-order valence-electron chi connectivity index (χ2n) is 6.55. The molecule has 1 atom stereocenters. The number of amides is 1. The molecule has 2 aliphatic heterocycles. The Morgan fingerprint density at radius 1 is 1.27 bits per heavy atom. The summed E-state index contributed by atoms with van der Waals surface area (Å²) in [5, 5.41) is 2.87. The maximum Gasteiger partial charge on any atom is 0.253 e. The number of rotatable bonds is 4. The van der Waals surface area contributed by atoms with Gasteiger partial charge < -0.3 is 19.8 Å². The SMILES string of the molecule is O=C1NCCc2[nH]c(-c3ccnc4ccc(OC[C@H]5CCO5)nc34)cc21. The van der Waals surface area contributed by atoms with Crippen LogP contribution in [-0.2, 0) is 11.2 Å². The Kier molecular flexibility index (Phi) is 3.60. The molecule has 7 heteroatoms. The van der Waals surface area contributed by atoms with Crippen LogP contribution < -0.4 is 10.1 Å². The Hall–Kier alpha value is -2.93. The lowest BCUT2D eigenvalue weighted by Gasteiger charge is -2.25. The number of nitrogens with one attached hydrogen (secondary N) is 2. The van der Waals surface area contributed by atoms with Crippen molar-refractivity contribution < 1.29 is 14.3 Å². The van der Waals surface area contributed by atoms with Gasteiger partial charge >= 0.3 is 0 Å².